The Kier molecular flexibility index (Phi) is 6.53. The number of nitrogens with one attached hydrogen (secondary N) is 1. The maximum absolute atomic E-state index is 12.6. The van der Waals surface area contributed by atoms with Gasteiger partial charge in [-0.2, -0.15) is 0 Å². The van der Waals surface area contributed by atoms with Crippen LogP contribution >= 0.6 is 27.7 Å². The first kappa shape index (κ1) is 21.3. The van der Waals surface area contributed by atoms with E-state index in [0.717, 1.165) is 27.2 Å². The Balaban J connectivity index is 1.63. The Morgan fingerprint density at radius 1 is 0.968 bits per heavy atom. The number of thioether (sulfide) groups is 1. The molecule has 1 aromatic heterocycles. The molecule has 0 aliphatic heterocycles. The lowest BCUT2D eigenvalue weighted by molar-refractivity contribution is -0.113. The number of aromatic nitrogens is 3. The molecule has 1 amide bonds. The van der Waals surface area contributed by atoms with E-state index in [1.807, 2.05) is 59.2 Å². The van der Waals surface area contributed by atoms with E-state index >= 15 is 0 Å². The van der Waals surface area contributed by atoms with Crippen LogP contribution in [0.25, 0.3) is 17.1 Å². The molecule has 3 aromatic carbocycles. The predicted octanol–water partition coefficient (Wildman–Crippen LogP) is 6.04. The number of benzene rings is 3. The van der Waals surface area contributed by atoms with Gasteiger partial charge in [0, 0.05) is 10.0 Å². The summed E-state index contributed by atoms with van der Waals surface area (Å²) in [6.07, 6.45) is 0. The van der Waals surface area contributed by atoms with Crippen LogP contribution in [0.3, 0.4) is 0 Å². The summed E-state index contributed by atoms with van der Waals surface area (Å²) < 4.78 is 2.86. The number of carbonyl (C=O) groups excluding carboxylic acids is 1. The number of halogens is 1. The summed E-state index contributed by atoms with van der Waals surface area (Å²) in [5.74, 6) is 0.865. The minimum absolute atomic E-state index is 0.104. The van der Waals surface area contributed by atoms with E-state index in [0.29, 0.717) is 5.16 Å². The van der Waals surface area contributed by atoms with Gasteiger partial charge in [0.05, 0.1) is 17.1 Å². The van der Waals surface area contributed by atoms with Gasteiger partial charge >= 0.3 is 0 Å². The number of amides is 1. The van der Waals surface area contributed by atoms with E-state index in [2.05, 4.69) is 63.5 Å². The zero-order chi connectivity index (χ0) is 21.8. The first-order valence-electron chi connectivity index (χ1n) is 9.78. The number of hydrogen-bond donors (Lipinski definition) is 1. The van der Waals surface area contributed by atoms with Gasteiger partial charge < -0.3 is 5.32 Å². The van der Waals surface area contributed by atoms with Crippen molar-refractivity contribution in [1.29, 1.82) is 0 Å². The third kappa shape index (κ3) is 4.89. The molecular weight excluding hydrogens is 472 g/mol. The molecule has 0 spiro atoms. The number of aryl methyl sites for hydroxylation is 2. The second-order valence-corrected chi connectivity index (χ2v) is 8.89. The van der Waals surface area contributed by atoms with Crippen molar-refractivity contribution in [2.45, 2.75) is 19.0 Å². The van der Waals surface area contributed by atoms with Crippen molar-refractivity contribution in [3.05, 3.63) is 88.4 Å². The van der Waals surface area contributed by atoms with Crippen LogP contribution in [0.1, 0.15) is 11.1 Å². The lowest BCUT2D eigenvalue weighted by Gasteiger charge is -2.12. The van der Waals surface area contributed by atoms with Crippen LogP contribution in [0.5, 0.6) is 0 Å². The van der Waals surface area contributed by atoms with Crippen LogP contribution < -0.4 is 5.32 Å². The molecule has 31 heavy (non-hydrogen) atoms. The summed E-state index contributed by atoms with van der Waals surface area (Å²) in [5.41, 5.74) is 5.10. The quantitative estimate of drug-likeness (QED) is 0.333. The summed E-state index contributed by atoms with van der Waals surface area (Å²) in [4.78, 5) is 12.6. The van der Waals surface area contributed by atoms with Gasteiger partial charge in [0.25, 0.3) is 0 Å². The van der Waals surface area contributed by atoms with Crippen molar-refractivity contribution in [3.8, 4) is 17.1 Å². The Morgan fingerprint density at radius 3 is 2.45 bits per heavy atom. The SMILES string of the molecule is Cc1ccc(-n2c(SCC(=O)Nc3ccccc3Br)nnc2-c2ccccc2)cc1C. The minimum atomic E-state index is -0.104. The van der Waals surface area contributed by atoms with Gasteiger partial charge in [-0.3, -0.25) is 9.36 Å². The topological polar surface area (TPSA) is 59.8 Å². The van der Waals surface area contributed by atoms with E-state index in [1.54, 1.807) is 0 Å². The largest absolute Gasteiger partial charge is 0.324 e. The van der Waals surface area contributed by atoms with Crippen molar-refractivity contribution >= 4 is 39.3 Å². The third-order valence-electron chi connectivity index (χ3n) is 4.89. The average molecular weight is 493 g/mol. The van der Waals surface area contributed by atoms with Crippen molar-refractivity contribution < 1.29 is 4.79 Å². The number of hydrogen-bond acceptors (Lipinski definition) is 4. The monoisotopic (exact) mass is 492 g/mol. The molecule has 0 saturated heterocycles. The fourth-order valence-electron chi connectivity index (χ4n) is 3.11. The van der Waals surface area contributed by atoms with Crippen LogP contribution in [0, 0.1) is 13.8 Å². The minimum Gasteiger partial charge on any atom is -0.324 e. The van der Waals surface area contributed by atoms with Gasteiger partial charge in [0.15, 0.2) is 11.0 Å². The lowest BCUT2D eigenvalue weighted by Crippen LogP contribution is -2.15. The molecule has 7 heteroatoms. The van der Waals surface area contributed by atoms with Crippen molar-refractivity contribution in [1.82, 2.24) is 14.8 Å². The smallest absolute Gasteiger partial charge is 0.234 e. The molecule has 0 radical (unpaired) electrons. The zero-order valence-electron chi connectivity index (χ0n) is 17.2. The summed E-state index contributed by atoms with van der Waals surface area (Å²) >= 11 is 4.82. The van der Waals surface area contributed by atoms with Crippen molar-refractivity contribution in [2.24, 2.45) is 0 Å². The maximum Gasteiger partial charge on any atom is 0.234 e. The standard InChI is InChI=1S/C24H21BrN4OS/c1-16-12-13-19(14-17(16)2)29-23(18-8-4-3-5-9-18)27-28-24(29)31-15-22(30)26-21-11-7-6-10-20(21)25/h3-14H,15H2,1-2H3,(H,26,30). The molecule has 156 valence electrons. The molecular formula is C24H21BrN4OS. The molecule has 1 N–H and O–H groups in total. The first-order chi connectivity index (χ1) is 15.0. The van der Waals surface area contributed by atoms with Crippen LogP contribution in [0.2, 0.25) is 0 Å². The fraction of sp³-hybridized carbons (Fsp3) is 0.125. The number of nitrogens with zero attached hydrogens (tertiary/aromatic N) is 3. The first-order valence-corrected chi connectivity index (χ1v) is 11.6. The summed E-state index contributed by atoms with van der Waals surface area (Å²) in [7, 11) is 0. The highest BCUT2D eigenvalue weighted by atomic mass is 79.9. The van der Waals surface area contributed by atoms with Gasteiger partial charge in [0.2, 0.25) is 5.91 Å². The van der Waals surface area contributed by atoms with Crippen LogP contribution in [-0.2, 0) is 4.79 Å². The molecule has 1 heterocycles. The van der Waals surface area contributed by atoms with E-state index in [4.69, 9.17) is 0 Å². The second kappa shape index (κ2) is 9.49. The molecule has 0 unspecified atom stereocenters. The molecule has 0 saturated carbocycles. The normalized spacial score (nSPS) is 10.8. The van der Waals surface area contributed by atoms with E-state index < -0.39 is 0 Å². The number of rotatable bonds is 6. The van der Waals surface area contributed by atoms with Gasteiger partial charge in [0.1, 0.15) is 0 Å². The Hall–Kier alpha value is -2.90. The number of anilines is 1. The Labute approximate surface area is 194 Å². The van der Waals surface area contributed by atoms with Gasteiger partial charge in [-0.15, -0.1) is 10.2 Å². The van der Waals surface area contributed by atoms with E-state index in [1.165, 1.54) is 22.9 Å². The summed E-state index contributed by atoms with van der Waals surface area (Å²) in [6.45, 7) is 4.18. The third-order valence-corrected chi connectivity index (χ3v) is 6.51. The molecule has 4 aromatic rings. The summed E-state index contributed by atoms with van der Waals surface area (Å²) in [6, 6.07) is 23.8. The Morgan fingerprint density at radius 2 is 1.71 bits per heavy atom. The van der Waals surface area contributed by atoms with Crippen molar-refractivity contribution in [2.75, 3.05) is 11.1 Å². The Bertz CT molecular complexity index is 1220. The van der Waals surface area contributed by atoms with Crippen molar-refractivity contribution in [3.63, 3.8) is 0 Å². The highest BCUT2D eigenvalue weighted by molar-refractivity contribution is 9.10. The predicted molar refractivity (Wildman–Crippen MR) is 130 cm³/mol. The molecule has 0 aliphatic rings. The second-order valence-electron chi connectivity index (χ2n) is 7.09. The van der Waals surface area contributed by atoms with Crippen LogP contribution in [0.15, 0.2) is 82.4 Å². The highest BCUT2D eigenvalue weighted by Crippen LogP contribution is 2.29. The van der Waals surface area contributed by atoms with Gasteiger partial charge in [-0.25, -0.2) is 0 Å². The van der Waals surface area contributed by atoms with E-state index in [9.17, 15) is 4.79 Å². The lowest BCUT2D eigenvalue weighted by atomic mass is 10.1. The fourth-order valence-corrected chi connectivity index (χ4v) is 4.25. The molecule has 0 aliphatic carbocycles. The van der Waals surface area contributed by atoms with E-state index in [-0.39, 0.29) is 11.7 Å². The molecule has 0 bridgehead atoms. The molecule has 0 fully saturated rings. The number of para-hydroxylation sites is 1. The molecule has 0 atom stereocenters. The average Bonchev–Trinajstić information content (AvgIpc) is 3.20. The van der Waals surface area contributed by atoms with Gasteiger partial charge in [-0.05, 0) is 65.2 Å². The highest BCUT2D eigenvalue weighted by Gasteiger charge is 2.18. The zero-order valence-corrected chi connectivity index (χ0v) is 19.6. The molecule has 4 rings (SSSR count). The maximum atomic E-state index is 12.6. The van der Waals surface area contributed by atoms with Gasteiger partial charge in [-0.1, -0.05) is 60.3 Å². The molecule has 5 nitrogen and oxygen atoms in total. The van der Waals surface area contributed by atoms with Crippen LogP contribution in [0.4, 0.5) is 5.69 Å². The van der Waals surface area contributed by atoms with Crippen LogP contribution in [-0.4, -0.2) is 26.4 Å². The summed E-state index contributed by atoms with van der Waals surface area (Å²) in [5, 5.41) is 12.4. The number of carbonyl (C=O) groups is 1.